The van der Waals surface area contributed by atoms with Gasteiger partial charge in [0.1, 0.15) is 6.10 Å². The molecule has 0 aliphatic carbocycles. The smallest absolute Gasteiger partial charge is 0.248 e. The molecular weight excluding hydrogens is 232 g/mol. The molecule has 0 saturated carbocycles. The van der Waals surface area contributed by atoms with Gasteiger partial charge in [-0.25, -0.2) is 0 Å². The summed E-state index contributed by atoms with van der Waals surface area (Å²) >= 11 is 0. The van der Waals surface area contributed by atoms with E-state index in [0.717, 1.165) is 19.5 Å². The highest BCUT2D eigenvalue weighted by Gasteiger charge is 2.29. The van der Waals surface area contributed by atoms with Crippen molar-refractivity contribution in [2.24, 2.45) is 0 Å². The Balaban J connectivity index is 2.25. The van der Waals surface area contributed by atoms with Gasteiger partial charge in [-0.3, -0.25) is 4.79 Å². The fourth-order valence-corrected chi connectivity index (χ4v) is 1.88. The third-order valence-electron chi connectivity index (χ3n) is 2.86. The number of rotatable bonds is 6. The zero-order chi connectivity index (χ0) is 13.6. The third kappa shape index (κ3) is 5.33. The molecule has 1 heterocycles. The fourth-order valence-electron chi connectivity index (χ4n) is 1.88. The van der Waals surface area contributed by atoms with Crippen LogP contribution in [0.4, 0.5) is 0 Å². The number of ether oxygens (including phenoxy) is 2. The van der Waals surface area contributed by atoms with Crippen LogP contribution in [0.2, 0.25) is 0 Å². The highest BCUT2D eigenvalue weighted by atomic mass is 16.6. The summed E-state index contributed by atoms with van der Waals surface area (Å²) in [5.41, 5.74) is -0.167. The second kappa shape index (κ2) is 7.07. The van der Waals surface area contributed by atoms with Crippen molar-refractivity contribution >= 4 is 5.91 Å². The van der Waals surface area contributed by atoms with Crippen molar-refractivity contribution in [3.8, 4) is 0 Å². The average molecular weight is 258 g/mol. The lowest BCUT2D eigenvalue weighted by atomic mass is 10.1. The van der Waals surface area contributed by atoms with Gasteiger partial charge in [0.15, 0.2) is 0 Å². The molecule has 106 valence electrons. The third-order valence-corrected chi connectivity index (χ3v) is 2.86. The molecule has 5 heteroatoms. The summed E-state index contributed by atoms with van der Waals surface area (Å²) in [5.74, 6) is -0.0557. The predicted octanol–water partition coefficient (Wildman–Crippen LogP) is 0.685. The van der Waals surface area contributed by atoms with E-state index in [4.69, 9.17) is 9.47 Å². The van der Waals surface area contributed by atoms with Crippen LogP contribution in [-0.2, 0) is 14.3 Å². The van der Waals surface area contributed by atoms with E-state index in [-0.39, 0.29) is 17.6 Å². The Kier molecular flexibility index (Phi) is 6.05. The van der Waals surface area contributed by atoms with Crippen LogP contribution in [0.5, 0.6) is 0 Å². The molecule has 0 bridgehead atoms. The van der Waals surface area contributed by atoms with Gasteiger partial charge in [-0.2, -0.15) is 0 Å². The van der Waals surface area contributed by atoms with Crippen LogP contribution in [0.15, 0.2) is 0 Å². The molecule has 1 rings (SSSR count). The first-order valence-corrected chi connectivity index (χ1v) is 6.72. The minimum absolute atomic E-state index is 0.00942. The molecule has 0 aromatic rings. The van der Waals surface area contributed by atoms with Crippen LogP contribution in [-0.4, -0.2) is 50.0 Å². The van der Waals surface area contributed by atoms with E-state index < -0.39 is 6.10 Å². The minimum Gasteiger partial charge on any atom is -0.367 e. The molecule has 1 aliphatic heterocycles. The largest absolute Gasteiger partial charge is 0.367 e. The highest BCUT2D eigenvalue weighted by Crippen LogP contribution is 2.15. The molecule has 0 radical (unpaired) electrons. The minimum atomic E-state index is -0.426. The second-order valence-corrected chi connectivity index (χ2v) is 5.40. The van der Waals surface area contributed by atoms with Crippen LogP contribution in [0.3, 0.4) is 0 Å². The number of morpholine rings is 1. The van der Waals surface area contributed by atoms with Crippen molar-refractivity contribution in [2.45, 2.75) is 51.9 Å². The van der Waals surface area contributed by atoms with Gasteiger partial charge in [-0.15, -0.1) is 0 Å². The van der Waals surface area contributed by atoms with Crippen LogP contribution in [0, 0.1) is 0 Å². The van der Waals surface area contributed by atoms with Crippen molar-refractivity contribution in [1.82, 2.24) is 10.6 Å². The van der Waals surface area contributed by atoms with Gasteiger partial charge in [-0.05, 0) is 27.2 Å². The standard InChI is InChI=1S/C13H26N2O3/c1-5-6-15-12(16)10(2)17-8-11-7-14-9-13(3,4)18-11/h10-11,14H,5-9H2,1-4H3,(H,15,16). The first kappa shape index (κ1) is 15.4. The number of nitrogens with one attached hydrogen (secondary N) is 2. The van der Waals surface area contributed by atoms with Gasteiger partial charge in [0.2, 0.25) is 5.91 Å². The molecule has 2 atom stereocenters. The van der Waals surface area contributed by atoms with Gasteiger partial charge >= 0.3 is 0 Å². The molecule has 5 nitrogen and oxygen atoms in total. The Morgan fingerprint density at radius 3 is 2.94 bits per heavy atom. The quantitative estimate of drug-likeness (QED) is 0.736. The lowest BCUT2D eigenvalue weighted by Gasteiger charge is -2.36. The van der Waals surface area contributed by atoms with Crippen molar-refractivity contribution in [2.75, 3.05) is 26.2 Å². The van der Waals surface area contributed by atoms with Crippen molar-refractivity contribution < 1.29 is 14.3 Å². The zero-order valence-electron chi connectivity index (χ0n) is 11.9. The van der Waals surface area contributed by atoms with Gasteiger partial charge < -0.3 is 20.1 Å². The summed E-state index contributed by atoms with van der Waals surface area (Å²) in [6.45, 7) is 10.6. The molecule has 1 saturated heterocycles. The van der Waals surface area contributed by atoms with Gasteiger partial charge in [-0.1, -0.05) is 6.92 Å². The Hall–Kier alpha value is -0.650. The Labute approximate surface area is 110 Å². The van der Waals surface area contributed by atoms with E-state index in [1.54, 1.807) is 6.92 Å². The summed E-state index contributed by atoms with van der Waals surface area (Å²) in [6, 6.07) is 0. The monoisotopic (exact) mass is 258 g/mol. The lowest BCUT2D eigenvalue weighted by Crippen LogP contribution is -2.52. The van der Waals surface area contributed by atoms with Gasteiger partial charge in [0.05, 0.1) is 18.3 Å². The average Bonchev–Trinajstić information content (AvgIpc) is 2.31. The maximum Gasteiger partial charge on any atom is 0.248 e. The van der Waals surface area contributed by atoms with Crippen LogP contribution < -0.4 is 10.6 Å². The molecule has 1 fully saturated rings. The number of carbonyl (C=O) groups is 1. The first-order valence-electron chi connectivity index (χ1n) is 6.72. The van der Waals surface area contributed by atoms with Crippen molar-refractivity contribution in [3.63, 3.8) is 0 Å². The maximum absolute atomic E-state index is 11.6. The highest BCUT2D eigenvalue weighted by molar-refractivity contribution is 5.80. The fraction of sp³-hybridized carbons (Fsp3) is 0.923. The van der Waals surface area contributed by atoms with E-state index >= 15 is 0 Å². The molecule has 2 unspecified atom stereocenters. The maximum atomic E-state index is 11.6. The topological polar surface area (TPSA) is 59.6 Å². The Morgan fingerprint density at radius 1 is 1.61 bits per heavy atom. The van der Waals surface area contributed by atoms with Crippen LogP contribution in [0.25, 0.3) is 0 Å². The Morgan fingerprint density at radius 2 is 2.33 bits per heavy atom. The van der Waals surface area contributed by atoms with E-state index in [1.807, 2.05) is 20.8 Å². The first-order chi connectivity index (χ1) is 8.44. The number of carbonyl (C=O) groups excluding carboxylic acids is 1. The molecule has 0 spiro atoms. The van der Waals surface area contributed by atoms with Crippen LogP contribution >= 0.6 is 0 Å². The van der Waals surface area contributed by atoms with E-state index in [2.05, 4.69) is 10.6 Å². The van der Waals surface area contributed by atoms with Crippen molar-refractivity contribution in [3.05, 3.63) is 0 Å². The molecule has 18 heavy (non-hydrogen) atoms. The number of amides is 1. The summed E-state index contributed by atoms with van der Waals surface area (Å²) < 4.78 is 11.4. The summed E-state index contributed by atoms with van der Waals surface area (Å²) in [7, 11) is 0. The summed E-state index contributed by atoms with van der Waals surface area (Å²) in [6.07, 6.45) is 0.517. The molecule has 1 aliphatic rings. The van der Waals surface area contributed by atoms with E-state index in [0.29, 0.717) is 13.2 Å². The van der Waals surface area contributed by atoms with Crippen molar-refractivity contribution in [1.29, 1.82) is 0 Å². The number of hydrogen-bond acceptors (Lipinski definition) is 4. The van der Waals surface area contributed by atoms with E-state index in [1.165, 1.54) is 0 Å². The van der Waals surface area contributed by atoms with Gasteiger partial charge in [0.25, 0.3) is 0 Å². The lowest BCUT2D eigenvalue weighted by molar-refractivity contribution is -0.145. The SMILES string of the molecule is CCCNC(=O)C(C)OCC1CNCC(C)(C)O1. The Bertz CT molecular complexity index is 269. The second-order valence-electron chi connectivity index (χ2n) is 5.40. The van der Waals surface area contributed by atoms with Gasteiger partial charge in [0, 0.05) is 19.6 Å². The molecule has 0 aromatic heterocycles. The molecule has 2 N–H and O–H groups in total. The molecule has 1 amide bonds. The predicted molar refractivity (Wildman–Crippen MR) is 70.5 cm³/mol. The zero-order valence-corrected chi connectivity index (χ0v) is 11.9. The normalized spacial score (nSPS) is 24.6. The summed E-state index contributed by atoms with van der Waals surface area (Å²) in [4.78, 5) is 11.6. The van der Waals surface area contributed by atoms with E-state index in [9.17, 15) is 4.79 Å². The molecule has 0 aromatic carbocycles. The van der Waals surface area contributed by atoms with Crippen LogP contribution in [0.1, 0.15) is 34.1 Å². The summed E-state index contributed by atoms with van der Waals surface area (Å²) in [5, 5.41) is 6.12. The number of hydrogen-bond donors (Lipinski definition) is 2. The molecular formula is C13H26N2O3.